The largest absolute Gasteiger partial charge is 0.454 e. The molecule has 3 aromatic carbocycles. The summed E-state index contributed by atoms with van der Waals surface area (Å²) in [4.78, 5) is 14.9. The van der Waals surface area contributed by atoms with Crippen molar-refractivity contribution >= 4 is 11.6 Å². The first-order chi connectivity index (χ1) is 16.6. The summed E-state index contributed by atoms with van der Waals surface area (Å²) in [5.74, 6) is 1.14. The molecule has 2 heterocycles. The Balaban J connectivity index is 1.08. The molecular formula is C27H28FN3O3. The van der Waals surface area contributed by atoms with Crippen molar-refractivity contribution in [1.29, 1.82) is 0 Å². The van der Waals surface area contributed by atoms with E-state index in [-0.39, 0.29) is 18.5 Å². The predicted molar refractivity (Wildman–Crippen MR) is 129 cm³/mol. The Bertz CT molecular complexity index is 1140. The molecule has 2 aliphatic heterocycles. The van der Waals surface area contributed by atoms with E-state index in [1.54, 1.807) is 12.1 Å². The van der Waals surface area contributed by atoms with E-state index < -0.39 is 0 Å². The summed E-state index contributed by atoms with van der Waals surface area (Å²) >= 11 is 0. The van der Waals surface area contributed by atoms with Gasteiger partial charge in [-0.05, 0) is 72.5 Å². The molecule has 0 radical (unpaired) electrons. The zero-order valence-electron chi connectivity index (χ0n) is 18.9. The van der Waals surface area contributed by atoms with Gasteiger partial charge in [-0.3, -0.25) is 4.79 Å². The molecule has 5 rings (SSSR count). The molecule has 6 nitrogen and oxygen atoms in total. The number of carbonyl (C=O) groups excluding carboxylic acids is 1. The number of fused-ring (bicyclic) bond motifs is 1. The summed E-state index contributed by atoms with van der Waals surface area (Å²) in [5, 5.41) is 6.50. The topological polar surface area (TPSA) is 62.8 Å². The van der Waals surface area contributed by atoms with Gasteiger partial charge in [-0.15, -0.1) is 0 Å². The smallest absolute Gasteiger partial charge is 0.251 e. The van der Waals surface area contributed by atoms with E-state index in [4.69, 9.17) is 9.47 Å². The van der Waals surface area contributed by atoms with E-state index in [1.165, 1.54) is 6.07 Å². The molecule has 0 aromatic heterocycles. The van der Waals surface area contributed by atoms with E-state index in [9.17, 15) is 9.18 Å². The van der Waals surface area contributed by atoms with Crippen molar-refractivity contribution in [1.82, 2.24) is 10.6 Å². The number of hydrogen-bond acceptors (Lipinski definition) is 5. The molecule has 0 saturated carbocycles. The Morgan fingerprint density at radius 1 is 0.912 bits per heavy atom. The maximum Gasteiger partial charge on any atom is 0.251 e. The lowest BCUT2D eigenvalue weighted by atomic mass is 10.0. The van der Waals surface area contributed by atoms with Gasteiger partial charge in [0.05, 0.1) is 0 Å². The van der Waals surface area contributed by atoms with Crippen LogP contribution in [0.4, 0.5) is 10.1 Å². The fraction of sp³-hybridized carbons (Fsp3) is 0.296. The number of nitrogens with zero attached hydrogens (tertiary/aromatic N) is 1. The van der Waals surface area contributed by atoms with E-state index in [1.807, 2.05) is 48.5 Å². The third kappa shape index (κ3) is 5.31. The highest BCUT2D eigenvalue weighted by atomic mass is 19.1. The average molecular weight is 462 g/mol. The van der Waals surface area contributed by atoms with Gasteiger partial charge in [0.25, 0.3) is 5.91 Å². The molecule has 1 fully saturated rings. The van der Waals surface area contributed by atoms with Gasteiger partial charge in [0, 0.05) is 43.5 Å². The third-order valence-corrected chi connectivity index (χ3v) is 6.36. The zero-order chi connectivity index (χ0) is 23.3. The molecule has 2 N–H and O–H groups in total. The number of amides is 1. The first-order valence-corrected chi connectivity index (χ1v) is 11.6. The molecule has 0 unspecified atom stereocenters. The number of piperidine rings is 1. The summed E-state index contributed by atoms with van der Waals surface area (Å²) in [6.45, 7) is 3.22. The zero-order valence-corrected chi connectivity index (χ0v) is 18.9. The molecule has 2 aliphatic rings. The standard InChI is InChI=1S/C27H28FN3O3/c28-22-3-1-2-19(14-22)16-29-23-10-12-31(13-11-23)24-7-5-21(6-8-24)27(32)30-17-20-4-9-25-26(15-20)34-18-33-25/h1-9,14-15,23,29H,10-13,16-18H2,(H,30,32). The van der Waals surface area contributed by atoms with Crippen LogP contribution < -0.4 is 25.0 Å². The van der Waals surface area contributed by atoms with Crippen LogP contribution in [0.15, 0.2) is 66.7 Å². The van der Waals surface area contributed by atoms with Gasteiger partial charge in [0.1, 0.15) is 5.82 Å². The van der Waals surface area contributed by atoms with Crippen LogP contribution in [0.1, 0.15) is 34.3 Å². The molecule has 1 saturated heterocycles. The second-order valence-electron chi connectivity index (χ2n) is 8.69. The SMILES string of the molecule is O=C(NCc1ccc2c(c1)OCO2)c1ccc(N2CCC(NCc3cccc(F)c3)CC2)cc1. The van der Waals surface area contributed by atoms with Gasteiger partial charge in [0.15, 0.2) is 11.5 Å². The lowest BCUT2D eigenvalue weighted by molar-refractivity contribution is 0.0951. The van der Waals surface area contributed by atoms with E-state index in [0.717, 1.165) is 48.5 Å². The van der Waals surface area contributed by atoms with E-state index in [2.05, 4.69) is 15.5 Å². The molecule has 176 valence electrons. The first kappa shape index (κ1) is 22.2. The number of halogens is 1. The Hall–Kier alpha value is -3.58. The fourth-order valence-corrected chi connectivity index (χ4v) is 4.41. The van der Waals surface area contributed by atoms with Crippen molar-refractivity contribution in [2.75, 3.05) is 24.8 Å². The second-order valence-corrected chi connectivity index (χ2v) is 8.69. The molecule has 0 bridgehead atoms. The van der Waals surface area contributed by atoms with Crippen LogP contribution in [-0.2, 0) is 13.1 Å². The Labute approximate surface area is 198 Å². The Morgan fingerprint density at radius 2 is 1.68 bits per heavy atom. The van der Waals surface area contributed by atoms with Crippen molar-refractivity contribution in [2.24, 2.45) is 0 Å². The predicted octanol–water partition coefficient (Wildman–Crippen LogP) is 4.24. The average Bonchev–Trinajstić information content (AvgIpc) is 3.35. The third-order valence-electron chi connectivity index (χ3n) is 6.36. The second kappa shape index (κ2) is 10.1. The number of anilines is 1. The first-order valence-electron chi connectivity index (χ1n) is 11.6. The van der Waals surface area contributed by atoms with Crippen LogP contribution in [0.3, 0.4) is 0 Å². The lowest BCUT2D eigenvalue weighted by Gasteiger charge is -2.34. The maximum absolute atomic E-state index is 13.3. The molecule has 3 aromatic rings. The monoisotopic (exact) mass is 461 g/mol. The summed E-state index contributed by atoms with van der Waals surface area (Å²) in [6, 6.07) is 20.6. The molecule has 0 atom stereocenters. The summed E-state index contributed by atoms with van der Waals surface area (Å²) in [6.07, 6.45) is 2.04. The number of hydrogen-bond donors (Lipinski definition) is 2. The van der Waals surface area contributed by atoms with Crippen molar-refractivity contribution in [3.05, 3.63) is 89.2 Å². The highest BCUT2D eigenvalue weighted by Crippen LogP contribution is 2.32. The number of benzene rings is 3. The Kier molecular flexibility index (Phi) is 6.62. The van der Waals surface area contributed by atoms with Crippen LogP contribution in [0, 0.1) is 5.82 Å². The molecule has 0 spiro atoms. The summed E-state index contributed by atoms with van der Waals surface area (Å²) in [5.41, 5.74) is 3.69. The van der Waals surface area contributed by atoms with Crippen LogP contribution in [0.25, 0.3) is 0 Å². The fourth-order valence-electron chi connectivity index (χ4n) is 4.41. The van der Waals surface area contributed by atoms with Gasteiger partial charge < -0.3 is 25.0 Å². The van der Waals surface area contributed by atoms with Crippen molar-refractivity contribution < 1.29 is 18.7 Å². The van der Waals surface area contributed by atoms with Crippen molar-refractivity contribution in [2.45, 2.75) is 32.0 Å². The van der Waals surface area contributed by atoms with Gasteiger partial charge >= 0.3 is 0 Å². The normalized spacial score (nSPS) is 15.4. The quantitative estimate of drug-likeness (QED) is 0.551. The van der Waals surface area contributed by atoms with Gasteiger partial charge in [-0.25, -0.2) is 4.39 Å². The minimum atomic E-state index is -0.195. The van der Waals surface area contributed by atoms with E-state index >= 15 is 0 Å². The minimum Gasteiger partial charge on any atom is -0.454 e. The van der Waals surface area contributed by atoms with Crippen molar-refractivity contribution in [3.8, 4) is 11.5 Å². The van der Waals surface area contributed by atoms with Crippen molar-refractivity contribution in [3.63, 3.8) is 0 Å². The number of ether oxygens (including phenoxy) is 2. The van der Waals surface area contributed by atoms with Gasteiger partial charge in [0.2, 0.25) is 6.79 Å². The molecular weight excluding hydrogens is 433 g/mol. The lowest BCUT2D eigenvalue weighted by Crippen LogP contribution is -2.42. The molecule has 34 heavy (non-hydrogen) atoms. The van der Waals surface area contributed by atoms with Crippen LogP contribution in [-0.4, -0.2) is 31.8 Å². The Morgan fingerprint density at radius 3 is 2.47 bits per heavy atom. The van der Waals surface area contributed by atoms with Crippen LogP contribution >= 0.6 is 0 Å². The van der Waals surface area contributed by atoms with Gasteiger partial charge in [-0.2, -0.15) is 0 Å². The highest BCUT2D eigenvalue weighted by Gasteiger charge is 2.19. The minimum absolute atomic E-state index is 0.107. The highest BCUT2D eigenvalue weighted by molar-refractivity contribution is 5.94. The number of carbonyl (C=O) groups is 1. The molecule has 7 heteroatoms. The summed E-state index contributed by atoms with van der Waals surface area (Å²) in [7, 11) is 0. The number of rotatable bonds is 7. The number of nitrogens with one attached hydrogen (secondary N) is 2. The van der Waals surface area contributed by atoms with E-state index in [0.29, 0.717) is 30.4 Å². The maximum atomic E-state index is 13.3. The summed E-state index contributed by atoms with van der Waals surface area (Å²) < 4.78 is 24.1. The van der Waals surface area contributed by atoms with Gasteiger partial charge in [-0.1, -0.05) is 18.2 Å². The molecule has 0 aliphatic carbocycles. The van der Waals surface area contributed by atoms with Crippen LogP contribution in [0.5, 0.6) is 11.5 Å². The molecule has 1 amide bonds. The van der Waals surface area contributed by atoms with Crippen LogP contribution in [0.2, 0.25) is 0 Å².